The number of allylic oxidation sites excluding steroid dienone is 4. The predicted molar refractivity (Wildman–Crippen MR) is 89.7 cm³/mol. The van der Waals surface area contributed by atoms with Crippen molar-refractivity contribution in [1.29, 1.82) is 0 Å². The summed E-state index contributed by atoms with van der Waals surface area (Å²) in [5.74, 6) is -0.503. The van der Waals surface area contributed by atoms with Crippen molar-refractivity contribution in [1.82, 2.24) is 5.48 Å². The maximum Gasteiger partial charge on any atom is 0.267 e. The van der Waals surface area contributed by atoms with E-state index in [1.807, 2.05) is 14.1 Å². The van der Waals surface area contributed by atoms with Gasteiger partial charge in [-0.15, -0.1) is 0 Å². The molecule has 0 unspecified atom stereocenters. The number of nitrogens with one attached hydrogen (secondary N) is 1. The number of benzene rings is 1. The van der Waals surface area contributed by atoms with Crippen LogP contribution in [0, 0.1) is 0 Å². The highest BCUT2D eigenvalue weighted by Gasteiger charge is 2.06. The van der Waals surface area contributed by atoms with Crippen LogP contribution in [0.1, 0.15) is 24.8 Å². The van der Waals surface area contributed by atoms with Crippen molar-refractivity contribution in [3.63, 3.8) is 0 Å². The number of hydrogen-bond donors (Lipinski definition) is 2. The molecule has 2 N–H and O–H groups in total. The van der Waals surface area contributed by atoms with Gasteiger partial charge in [0.05, 0.1) is 0 Å². The number of carbonyl (C=O) groups excluding carboxylic acids is 1. The fraction of sp³-hybridized carbons (Fsp3) is 0.278. The molecule has 0 spiro atoms. The van der Waals surface area contributed by atoms with Crippen molar-refractivity contribution >= 4 is 17.7 Å². The third-order valence-corrected chi connectivity index (χ3v) is 3.62. The van der Waals surface area contributed by atoms with Crippen LogP contribution in [0.25, 0.3) is 6.08 Å². The Morgan fingerprint density at radius 1 is 1.23 bits per heavy atom. The van der Waals surface area contributed by atoms with Crippen LogP contribution in [0.4, 0.5) is 5.69 Å². The molecule has 2 rings (SSSR count). The number of anilines is 1. The van der Waals surface area contributed by atoms with Crippen LogP contribution in [0.5, 0.6) is 0 Å². The van der Waals surface area contributed by atoms with E-state index in [9.17, 15) is 4.79 Å². The van der Waals surface area contributed by atoms with Crippen LogP contribution in [-0.4, -0.2) is 25.2 Å². The molecule has 0 radical (unpaired) electrons. The van der Waals surface area contributed by atoms with Crippen molar-refractivity contribution in [2.24, 2.45) is 0 Å². The number of amides is 1. The van der Waals surface area contributed by atoms with Crippen LogP contribution in [-0.2, 0) is 4.79 Å². The highest BCUT2D eigenvalue weighted by Crippen LogP contribution is 2.25. The highest BCUT2D eigenvalue weighted by molar-refractivity contribution is 5.86. The van der Waals surface area contributed by atoms with Gasteiger partial charge in [0.15, 0.2) is 0 Å². The van der Waals surface area contributed by atoms with Gasteiger partial charge in [-0.2, -0.15) is 0 Å². The lowest BCUT2D eigenvalue weighted by atomic mass is 9.93. The highest BCUT2D eigenvalue weighted by atomic mass is 16.5. The van der Waals surface area contributed by atoms with Gasteiger partial charge in [-0.25, -0.2) is 5.48 Å². The van der Waals surface area contributed by atoms with E-state index in [1.54, 1.807) is 11.6 Å². The Kier molecular flexibility index (Phi) is 5.55. The Hall–Kier alpha value is -2.33. The molecule has 0 saturated heterocycles. The SMILES string of the molecule is CN(C)c1ccc(/C=C2C=C(/C=C/C(=O)NO)CCC/2)cc1. The molecule has 1 amide bonds. The average molecular weight is 298 g/mol. The summed E-state index contributed by atoms with van der Waals surface area (Å²) in [7, 11) is 4.05. The zero-order valence-corrected chi connectivity index (χ0v) is 13.0. The van der Waals surface area contributed by atoms with E-state index in [0.717, 1.165) is 24.8 Å². The molecule has 0 saturated carbocycles. The van der Waals surface area contributed by atoms with Crippen molar-refractivity contribution in [3.05, 3.63) is 59.2 Å². The maximum atomic E-state index is 11.0. The standard InChI is InChI=1S/C18H22N2O2/c1-20(2)17-9-6-15(7-10-17)13-16-5-3-4-14(12-16)8-11-18(21)19-22/h6-13,22H,3-5H2,1-2H3,(H,19,21)/b11-8+,16-13+. The Balaban J connectivity index is 2.13. The van der Waals surface area contributed by atoms with Crippen LogP contribution in [0.15, 0.2) is 53.6 Å². The molecule has 0 bridgehead atoms. The Morgan fingerprint density at radius 3 is 2.59 bits per heavy atom. The Morgan fingerprint density at radius 2 is 1.95 bits per heavy atom. The Bertz CT molecular complexity index is 610. The molecule has 4 nitrogen and oxygen atoms in total. The molecule has 0 heterocycles. The van der Waals surface area contributed by atoms with Crippen LogP contribution >= 0.6 is 0 Å². The summed E-state index contributed by atoms with van der Waals surface area (Å²) >= 11 is 0. The first-order valence-electron chi connectivity index (χ1n) is 7.39. The van der Waals surface area contributed by atoms with Crippen molar-refractivity contribution in [3.8, 4) is 0 Å². The lowest BCUT2D eigenvalue weighted by molar-refractivity contribution is -0.124. The van der Waals surface area contributed by atoms with E-state index in [4.69, 9.17) is 5.21 Å². The molecule has 22 heavy (non-hydrogen) atoms. The van der Waals surface area contributed by atoms with Crippen LogP contribution in [0.2, 0.25) is 0 Å². The van der Waals surface area contributed by atoms with Gasteiger partial charge in [-0.1, -0.05) is 30.4 Å². The zero-order chi connectivity index (χ0) is 15.9. The quantitative estimate of drug-likeness (QED) is 0.509. The van der Waals surface area contributed by atoms with Crippen molar-refractivity contribution in [2.75, 3.05) is 19.0 Å². The summed E-state index contributed by atoms with van der Waals surface area (Å²) in [5.41, 5.74) is 6.32. The second-order valence-electron chi connectivity index (χ2n) is 5.59. The van der Waals surface area contributed by atoms with Gasteiger partial charge in [-0.3, -0.25) is 10.0 Å². The number of hydroxylamine groups is 1. The molecule has 4 heteroatoms. The molecule has 1 aliphatic rings. The number of carbonyl (C=O) groups is 1. The van der Waals surface area contributed by atoms with Gasteiger partial charge in [-0.05, 0) is 48.1 Å². The van der Waals surface area contributed by atoms with Crippen molar-refractivity contribution in [2.45, 2.75) is 19.3 Å². The normalized spacial score (nSPS) is 16.7. The summed E-state index contributed by atoms with van der Waals surface area (Å²) in [4.78, 5) is 13.1. The lowest BCUT2D eigenvalue weighted by Gasteiger charge is -2.14. The van der Waals surface area contributed by atoms with Crippen LogP contribution < -0.4 is 10.4 Å². The first kappa shape index (κ1) is 16.0. The summed E-state index contributed by atoms with van der Waals surface area (Å²) in [6.07, 6.45) is 10.5. The summed E-state index contributed by atoms with van der Waals surface area (Å²) < 4.78 is 0. The molecule has 0 fully saturated rings. The topological polar surface area (TPSA) is 52.6 Å². The maximum absolute atomic E-state index is 11.0. The van der Waals surface area contributed by atoms with Gasteiger partial charge >= 0.3 is 0 Å². The minimum atomic E-state index is -0.503. The minimum absolute atomic E-state index is 0.503. The monoisotopic (exact) mass is 298 g/mol. The fourth-order valence-electron chi connectivity index (χ4n) is 2.43. The lowest BCUT2D eigenvalue weighted by Crippen LogP contribution is -2.15. The average Bonchev–Trinajstić information content (AvgIpc) is 2.53. The third kappa shape index (κ3) is 4.60. The summed E-state index contributed by atoms with van der Waals surface area (Å²) in [6, 6.07) is 8.43. The summed E-state index contributed by atoms with van der Waals surface area (Å²) in [6.45, 7) is 0. The molecule has 1 aromatic carbocycles. The first-order chi connectivity index (χ1) is 10.6. The number of hydrogen-bond acceptors (Lipinski definition) is 3. The fourth-order valence-corrected chi connectivity index (χ4v) is 2.43. The second kappa shape index (κ2) is 7.61. The van der Waals surface area contributed by atoms with E-state index in [1.165, 1.54) is 22.9 Å². The molecule has 0 atom stereocenters. The molecule has 116 valence electrons. The van der Waals surface area contributed by atoms with Gasteiger partial charge < -0.3 is 4.90 Å². The molecule has 1 aliphatic carbocycles. The summed E-state index contributed by atoms with van der Waals surface area (Å²) in [5, 5.41) is 8.49. The Labute approximate surface area is 131 Å². The van der Waals surface area contributed by atoms with Crippen LogP contribution in [0.3, 0.4) is 0 Å². The van der Waals surface area contributed by atoms with Gasteiger partial charge in [0.1, 0.15) is 0 Å². The van der Waals surface area contributed by atoms with E-state index in [2.05, 4.69) is 41.3 Å². The molecule has 0 aliphatic heterocycles. The zero-order valence-electron chi connectivity index (χ0n) is 13.0. The van der Waals surface area contributed by atoms with E-state index < -0.39 is 5.91 Å². The first-order valence-corrected chi connectivity index (χ1v) is 7.39. The minimum Gasteiger partial charge on any atom is -0.378 e. The van der Waals surface area contributed by atoms with E-state index >= 15 is 0 Å². The number of rotatable bonds is 4. The molecule has 0 aromatic heterocycles. The van der Waals surface area contributed by atoms with Crippen molar-refractivity contribution < 1.29 is 10.0 Å². The molecular formula is C18H22N2O2. The number of nitrogens with zero attached hydrogens (tertiary/aromatic N) is 1. The van der Waals surface area contributed by atoms with Gasteiger partial charge in [0, 0.05) is 25.9 Å². The predicted octanol–water partition coefficient (Wildman–Crippen LogP) is 3.31. The largest absolute Gasteiger partial charge is 0.378 e. The second-order valence-corrected chi connectivity index (χ2v) is 5.59. The third-order valence-electron chi connectivity index (χ3n) is 3.62. The smallest absolute Gasteiger partial charge is 0.267 e. The van der Waals surface area contributed by atoms with Gasteiger partial charge in [0.25, 0.3) is 5.91 Å². The molecule has 1 aromatic rings. The van der Waals surface area contributed by atoms with E-state index in [0.29, 0.717) is 0 Å². The molecular weight excluding hydrogens is 276 g/mol. The van der Waals surface area contributed by atoms with E-state index in [-0.39, 0.29) is 0 Å². The van der Waals surface area contributed by atoms with Gasteiger partial charge in [0.2, 0.25) is 0 Å².